The molecule has 2 unspecified atom stereocenters. The Morgan fingerprint density at radius 1 is 1.12 bits per heavy atom. The first-order valence-corrected chi connectivity index (χ1v) is 8.96. The monoisotopic (exact) mass is 357 g/mol. The highest BCUT2D eigenvalue weighted by Gasteiger charge is 2.34. The zero-order valence-electron chi connectivity index (χ0n) is 15.6. The molecule has 1 saturated carbocycles. The van der Waals surface area contributed by atoms with Crippen LogP contribution in [0, 0.1) is 17.3 Å². The van der Waals surface area contributed by atoms with Crippen LogP contribution in [0.15, 0.2) is 0 Å². The number of hydrogen-bond donors (Lipinski definition) is 2. The topological polar surface area (TPSA) is 116 Å². The van der Waals surface area contributed by atoms with Gasteiger partial charge in [-0.2, -0.15) is 0 Å². The van der Waals surface area contributed by atoms with E-state index in [1.165, 1.54) is 0 Å². The van der Waals surface area contributed by atoms with E-state index in [-0.39, 0.29) is 11.8 Å². The van der Waals surface area contributed by atoms with E-state index in [4.69, 9.17) is 20.3 Å². The molecule has 0 aromatic heterocycles. The first kappa shape index (κ1) is 21.4. The first-order valence-electron chi connectivity index (χ1n) is 8.96. The molecule has 7 nitrogen and oxygen atoms in total. The summed E-state index contributed by atoms with van der Waals surface area (Å²) < 4.78 is 10.6. The third-order valence-corrected chi connectivity index (χ3v) is 4.52. The Hall–Kier alpha value is -1.63. The van der Waals surface area contributed by atoms with Gasteiger partial charge in [-0.1, -0.05) is 6.92 Å². The summed E-state index contributed by atoms with van der Waals surface area (Å²) >= 11 is 0. The van der Waals surface area contributed by atoms with E-state index in [2.05, 4.69) is 0 Å². The Kier molecular flexibility index (Phi) is 7.86. The number of carboxylic acids is 1. The number of aliphatic carboxylic acids is 1. The number of ether oxygens (including phenoxy) is 2. The Morgan fingerprint density at radius 3 is 2.12 bits per heavy atom. The summed E-state index contributed by atoms with van der Waals surface area (Å²) in [5.41, 5.74) is 5.33. The normalized spacial score (nSPS) is 23.4. The molecule has 0 amide bonds. The van der Waals surface area contributed by atoms with Crippen LogP contribution in [-0.2, 0) is 23.9 Å². The highest BCUT2D eigenvalue weighted by atomic mass is 16.7. The summed E-state index contributed by atoms with van der Waals surface area (Å²) in [6.07, 6.45) is 2.34. The fraction of sp³-hybridized carbons (Fsp3) is 0.833. The lowest BCUT2D eigenvalue weighted by Crippen LogP contribution is -2.44. The summed E-state index contributed by atoms with van der Waals surface area (Å²) in [5.74, 6) is -2.30. The summed E-state index contributed by atoms with van der Waals surface area (Å²) in [6, 6.07) is -0.831. The van der Waals surface area contributed by atoms with Gasteiger partial charge in [0.2, 0.25) is 6.29 Å². The quantitative estimate of drug-likeness (QED) is 0.531. The number of carbonyl (C=O) groups is 3. The van der Waals surface area contributed by atoms with Gasteiger partial charge in [-0.3, -0.25) is 14.4 Å². The van der Waals surface area contributed by atoms with Crippen molar-refractivity contribution in [3.05, 3.63) is 0 Å². The van der Waals surface area contributed by atoms with Crippen molar-refractivity contribution in [2.45, 2.75) is 78.6 Å². The zero-order valence-corrected chi connectivity index (χ0v) is 15.6. The van der Waals surface area contributed by atoms with Crippen molar-refractivity contribution in [3.63, 3.8) is 0 Å². The molecule has 0 spiro atoms. The van der Waals surface area contributed by atoms with Crippen LogP contribution in [0.3, 0.4) is 0 Å². The Morgan fingerprint density at radius 2 is 1.68 bits per heavy atom. The largest absolute Gasteiger partial charge is 0.481 e. The highest BCUT2D eigenvalue weighted by Crippen LogP contribution is 2.31. The van der Waals surface area contributed by atoms with Crippen molar-refractivity contribution in [1.29, 1.82) is 0 Å². The number of hydrogen-bond acceptors (Lipinski definition) is 6. The van der Waals surface area contributed by atoms with Crippen molar-refractivity contribution in [3.8, 4) is 0 Å². The minimum Gasteiger partial charge on any atom is -0.481 e. The van der Waals surface area contributed by atoms with Crippen LogP contribution in [0.25, 0.3) is 0 Å². The molecule has 0 radical (unpaired) electrons. The summed E-state index contributed by atoms with van der Waals surface area (Å²) in [7, 11) is 0. The lowest BCUT2D eigenvalue weighted by molar-refractivity contribution is -0.196. The fourth-order valence-corrected chi connectivity index (χ4v) is 2.80. The molecule has 0 heterocycles. The molecule has 7 heteroatoms. The molecule has 0 aliphatic heterocycles. The van der Waals surface area contributed by atoms with Gasteiger partial charge in [0.15, 0.2) is 0 Å². The maximum absolute atomic E-state index is 12.3. The molecule has 25 heavy (non-hydrogen) atoms. The standard InChI is InChI=1S/C18H31NO6/c1-5-6-13(25-17(23)18(2,3)4)24-16(22)14(19)11-7-9-12(10-8-11)15(20)21/h11-14H,5-10,19H2,1-4H3,(H,20,21). The van der Waals surface area contributed by atoms with Crippen LogP contribution in [0.5, 0.6) is 0 Å². The van der Waals surface area contributed by atoms with E-state index in [1.54, 1.807) is 20.8 Å². The minimum atomic E-state index is -0.939. The lowest BCUT2D eigenvalue weighted by Gasteiger charge is -2.30. The van der Waals surface area contributed by atoms with Crippen LogP contribution in [0.1, 0.15) is 66.2 Å². The van der Waals surface area contributed by atoms with Gasteiger partial charge in [-0.05, 0) is 58.8 Å². The van der Waals surface area contributed by atoms with Crippen molar-refractivity contribution in [2.75, 3.05) is 0 Å². The molecule has 1 rings (SSSR count). The molecular formula is C18H31NO6. The summed E-state index contributed by atoms with van der Waals surface area (Å²) in [5, 5.41) is 9.03. The van der Waals surface area contributed by atoms with Gasteiger partial charge < -0.3 is 20.3 Å². The van der Waals surface area contributed by atoms with E-state index >= 15 is 0 Å². The maximum Gasteiger partial charge on any atom is 0.326 e. The SMILES string of the molecule is CCCC(OC(=O)C(N)C1CCC(C(=O)O)CC1)OC(=O)C(C)(C)C. The van der Waals surface area contributed by atoms with E-state index < -0.39 is 35.7 Å². The second-order valence-electron chi connectivity index (χ2n) is 7.79. The molecule has 1 aliphatic carbocycles. The fourth-order valence-electron chi connectivity index (χ4n) is 2.80. The van der Waals surface area contributed by atoms with Crippen LogP contribution < -0.4 is 5.73 Å². The average molecular weight is 357 g/mol. The van der Waals surface area contributed by atoms with E-state index in [0.717, 1.165) is 0 Å². The minimum absolute atomic E-state index is 0.108. The molecule has 0 bridgehead atoms. The van der Waals surface area contributed by atoms with Gasteiger partial charge in [0, 0.05) is 6.42 Å². The molecule has 0 aromatic rings. The molecule has 2 atom stereocenters. The van der Waals surface area contributed by atoms with E-state index in [1.807, 2.05) is 6.92 Å². The predicted molar refractivity (Wildman–Crippen MR) is 91.4 cm³/mol. The third kappa shape index (κ3) is 6.65. The number of carbonyl (C=O) groups excluding carboxylic acids is 2. The average Bonchev–Trinajstić information content (AvgIpc) is 2.53. The Labute approximate surface area is 149 Å². The molecule has 1 fully saturated rings. The first-order chi connectivity index (χ1) is 11.6. The van der Waals surface area contributed by atoms with Gasteiger partial charge in [0.05, 0.1) is 11.3 Å². The van der Waals surface area contributed by atoms with Gasteiger partial charge in [0.25, 0.3) is 0 Å². The molecule has 0 aromatic carbocycles. The van der Waals surface area contributed by atoms with Crippen LogP contribution in [0.2, 0.25) is 0 Å². The predicted octanol–water partition coefficient (Wildman–Crippen LogP) is 2.46. The second-order valence-corrected chi connectivity index (χ2v) is 7.79. The van der Waals surface area contributed by atoms with Crippen LogP contribution in [-0.4, -0.2) is 35.3 Å². The molecule has 144 valence electrons. The van der Waals surface area contributed by atoms with Gasteiger partial charge >= 0.3 is 17.9 Å². The lowest BCUT2D eigenvalue weighted by atomic mass is 9.79. The second kappa shape index (κ2) is 9.17. The summed E-state index contributed by atoms with van der Waals surface area (Å²) in [4.78, 5) is 35.3. The van der Waals surface area contributed by atoms with Gasteiger partial charge in [-0.15, -0.1) is 0 Å². The van der Waals surface area contributed by atoms with Crippen molar-refractivity contribution in [1.82, 2.24) is 0 Å². The Balaban J connectivity index is 2.58. The van der Waals surface area contributed by atoms with Gasteiger partial charge in [0.1, 0.15) is 6.04 Å². The van der Waals surface area contributed by atoms with Crippen molar-refractivity contribution in [2.24, 2.45) is 23.0 Å². The maximum atomic E-state index is 12.3. The molecule has 1 aliphatic rings. The van der Waals surface area contributed by atoms with Crippen LogP contribution in [0.4, 0.5) is 0 Å². The number of rotatable bonds is 7. The van der Waals surface area contributed by atoms with E-state index in [9.17, 15) is 14.4 Å². The number of nitrogens with two attached hydrogens (primary N) is 1. The molecule has 0 saturated heterocycles. The molecular weight excluding hydrogens is 326 g/mol. The van der Waals surface area contributed by atoms with E-state index in [0.29, 0.717) is 38.5 Å². The zero-order chi connectivity index (χ0) is 19.2. The van der Waals surface area contributed by atoms with Crippen molar-refractivity contribution >= 4 is 17.9 Å². The number of esters is 2. The summed E-state index contributed by atoms with van der Waals surface area (Å²) in [6.45, 7) is 7.09. The van der Waals surface area contributed by atoms with Crippen molar-refractivity contribution < 1.29 is 29.0 Å². The van der Waals surface area contributed by atoms with Crippen LogP contribution >= 0.6 is 0 Å². The van der Waals surface area contributed by atoms with Gasteiger partial charge in [-0.25, -0.2) is 0 Å². The third-order valence-electron chi connectivity index (χ3n) is 4.52. The highest BCUT2D eigenvalue weighted by molar-refractivity contribution is 5.77. The Bertz CT molecular complexity index is 476. The molecule has 3 N–H and O–H groups in total. The smallest absolute Gasteiger partial charge is 0.326 e. The number of carboxylic acid groups (broad SMARTS) is 1.